The Morgan fingerprint density at radius 2 is 2.29 bits per heavy atom. The van der Waals surface area contributed by atoms with Gasteiger partial charge in [0.15, 0.2) is 0 Å². The highest BCUT2D eigenvalue weighted by atomic mass is 35.5. The third-order valence-corrected chi connectivity index (χ3v) is 3.57. The van der Waals surface area contributed by atoms with E-state index in [1.807, 2.05) is 13.8 Å². The lowest BCUT2D eigenvalue weighted by Gasteiger charge is -2.19. The van der Waals surface area contributed by atoms with Gasteiger partial charge in [-0.25, -0.2) is 4.79 Å². The second-order valence-electron chi connectivity index (χ2n) is 5.56. The lowest BCUT2D eigenvalue weighted by Crippen LogP contribution is -2.24. The number of ether oxygens (including phenoxy) is 2. The predicted molar refractivity (Wildman–Crippen MR) is 76.6 cm³/mol. The van der Waals surface area contributed by atoms with Gasteiger partial charge in [-0.1, -0.05) is 11.6 Å². The molecular formula is C14H16ClNO5. The van der Waals surface area contributed by atoms with Crippen molar-refractivity contribution in [1.82, 2.24) is 0 Å². The van der Waals surface area contributed by atoms with Crippen LogP contribution in [0.3, 0.4) is 0 Å². The van der Waals surface area contributed by atoms with Crippen LogP contribution in [0.5, 0.6) is 0 Å². The van der Waals surface area contributed by atoms with Crippen molar-refractivity contribution >= 4 is 23.3 Å². The van der Waals surface area contributed by atoms with E-state index in [-0.39, 0.29) is 34.6 Å². The molecule has 114 valence electrons. The minimum Gasteiger partial charge on any atom is -0.459 e. The first-order valence-electron chi connectivity index (χ1n) is 6.57. The maximum absolute atomic E-state index is 12.0. The number of esters is 1. The molecular weight excluding hydrogens is 298 g/mol. The summed E-state index contributed by atoms with van der Waals surface area (Å²) in [6.45, 7) is 4.03. The highest BCUT2D eigenvalue weighted by molar-refractivity contribution is 6.31. The molecule has 1 aliphatic rings. The minimum atomic E-state index is -0.744. The number of nitro benzene ring substituents is 1. The molecule has 0 radical (unpaired) electrons. The van der Waals surface area contributed by atoms with Crippen molar-refractivity contribution in [2.24, 2.45) is 0 Å². The Morgan fingerprint density at radius 3 is 2.86 bits per heavy atom. The van der Waals surface area contributed by atoms with E-state index in [1.165, 1.54) is 12.1 Å². The lowest BCUT2D eigenvalue weighted by molar-refractivity contribution is -0.385. The Balaban J connectivity index is 2.03. The molecule has 1 aromatic carbocycles. The number of halogens is 1. The van der Waals surface area contributed by atoms with E-state index in [1.54, 1.807) is 0 Å². The summed E-state index contributed by atoms with van der Waals surface area (Å²) in [7, 11) is 0. The first-order valence-corrected chi connectivity index (χ1v) is 6.95. The summed E-state index contributed by atoms with van der Waals surface area (Å²) in [5, 5.41) is 11.1. The van der Waals surface area contributed by atoms with Gasteiger partial charge in [0, 0.05) is 11.1 Å². The quantitative estimate of drug-likeness (QED) is 0.484. The lowest BCUT2D eigenvalue weighted by atomic mass is 10.1. The van der Waals surface area contributed by atoms with Crippen molar-refractivity contribution < 1.29 is 19.2 Å². The molecule has 1 atom stereocenters. The average molecular weight is 314 g/mol. The summed E-state index contributed by atoms with van der Waals surface area (Å²) < 4.78 is 10.8. The van der Waals surface area contributed by atoms with Gasteiger partial charge in [-0.2, -0.15) is 0 Å². The molecule has 1 aliphatic heterocycles. The van der Waals surface area contributed by atoms with E-state index in [2.05, 4.69) is 0 Å². The fraction of sp³-hybridized carbons (Fsp3) is 0.500. The summed E-state index contributed by atoms with van der Waals surface area (Å²) in [5.41, 5.74) is -0.689. The smallest absolute Gasteiger partial charge is 0.345 e. The van der Waals surface area contributed by atoms with E-state index >= 15 is 0 Å². The molecule has 0 amide bonds. The first-order chi connectivity index (χ1) is 9.78. The van der Waals surface area contributed by atoms with Crippen LogP contribution in [0.1, 0.15) is 37.0 Å². The van der Waals surface area contributed by atoms with Crippen molar-refractivity contribution in [3.8, 4) is 0 Å². The summed E-state index contributed by atoms with van der Waals surface area (Å²) in [6.07, 6.45) is 1.51. The number of rotatable bonds is 4. The zero-order chi connectivity index (χ0) is 15.6. The molecule has 0 unspecified atom stereocenters. The Hall–Kier alpha value is -1.66. The number of nitro groups is 1. The molecule has 21 heavy (non-hydrogen) atoms. The summed E-state index contributed by atoms with van der Waals surface area (Å²) in [4.78, 5) is 22.3. The first kappa shape index (κ1) is 15.7. The standard InChI is InChI=1S/C14H16ClNO5/c1-14(2)6-5-10(21-14)8-20-13(17)11-4-3-9(15)7-12(11)16(18)19/h3-4,7,10H,5-6,8H2,1-2H3/t10-/m1/s1. The van der Waals surface area contributed by atoms with Gasteiger partial charge in [0.05, 0.1) is 16.6 Å². The van der Waals surface area contributed by atoms with Crippen LogP contribution in [-0.4, -0.2) is 29.2 Å². The average Bonchev–Trinajstić information content (AvgIpc) is 2.75. The number of hydrogen-bond donors (Lipinski definition) is 0. The van der Waals surface area contributed by atoms with Crippen molar-refractivity contribution in [3.63, 3.8) is 0 Å². The second-order valence-corrected chi connectivity index (χ2v) is 5.99. The molecule has 0 N–H and O–H groups in total. The molecule has 0 spiro atoms. The number of nitrogens with zero attached hydrogens (tertiary/aromatic N) is 1. The van der Waals surface area contributed by atoms with E-state index in [4.69, 9.17) is 21.1 Å². The molecule has 1 aromatic rings. The zero-order valence-electron chi connectivity index (χ0n) is 11.8. The van der Waals surface area contributed by atoms with Crippen LogP contribution in [0.15, 0.2) is 18.2 Å². The molecule has 1 fully saturated rings. The van der Waals surface area contributed by atoms with Crippen LogP contribution in [0.2, 0.25) is 5.02 Å². The summed E-state index contributed by atoms with van der Waals surface area (Å²) >= 11 is 5.70. The third-order valence-electron chi connectivity index (χ3n) is 3.33. The van der Waals surface area contributed by atoms with Crippen molar-refractivity contribution in [1.29, 1.82) is 0 Å². The Labute approximate surface area is 127 Å². The predicted octanol–water partition coefficient (Wildman–Crippen LogP) is 3.36. The largest absolute Gasteiger partial charge is 0.459 e. The normalized spacial score (nSPS) is 20.2. The number of carbonyl (C=O) groups is 1. The fourth-order valence-electron chi connectivity index (χ4n) is 2.27. The highest BCUT2D eigenvalue weighted by Gasteiger charge is 2.32. The van der Waals surface area contributed by atoms with Gasteiger partial charge in [0.25, 0.3) is 5.69 Å². The van der Waals surface area contributed by atoms with Gasteiger partial charge in [0.2, 0.25) is 0 Å². The summed E-state index contributed by atoms with van der Waals surface area (Å²) in [6, 6.07) is 3.84. The number of carbonyl (C=O) groups excluding carboxylic acids is 1. The Bertz CT molecular complexity index is 572. The van der Waals surface area contributed by atoms with Gasteiger partial charge in [0.1, 0.15) is 12.2 Å². The van der Waals surface area contributed by atoms with E-state index in [0.29, 0.717) is 0 Å². The molecule has 1 saturated heterocycles. The van der Waals surface area contributed by atoms with Crippen molar-refractivity contribution in [2.75, 3.05) is 6.61 Å². The molecule has 7 heteroatoms. The monoisotopic (exact) mass is 313 g/mol. The van der Waals surface area contributed by atoms with Gasteiger partial charge in [-0.15, -0.1) is 0 Å². The Morgan fingerprint density at radius 1 is 1.57 bits per heavy atom. The van der Waals surface area contributed by atoms with Crippen molar-refractivity contribution in [2.45, 2.75) is 38.4 Å². The Kier molecular flexibility index (Phi) is 4.49. The van der Waals surface area contributed by atoms with Crippen LogP contribution < -0.4 is 0 Å². The molecule has 0 bridgehead atoms. The van der Waals surface area contributed by atoms with Crippen LogP contribution in [0, 0.1) is 10.1 Å². The van der Waals surface area contributed by atoms with Crippen LogP contribution in [-0.2, 0) is 9.47 Å². The molecule has 1 heterocycles. The third kappa shape index (κ3) is 3.92. The van der Waals surface area contributed by atoms with Crippen LogP contribution in [0.4, 0.5) is 5.69 Å². The van der Waals surface area contributed by atoms with Gasteiger partial charge in [-0.3, -0.25) is 10.1 Å². The SMILES string of the molecule is CC1(C)CC[C@H](COC(=O)c2ccc(Cl)cc2[N+](=O)[O-])O1. The second kappa shape index (κ2) is 5.99. The topological polar surface area (TPSA) is 78.7 Å². The van der Waals surface area contributed by atoms with E-state index in [0.717, 1.165) is 18.9 Å². The van der Waals surface area contributed by atoms with Crippen LogP contribution >= 0.6 is 11.6 Å². The van der Waals surface area contributed by atoms with E-state index in [9.17, 15) is 14.9 Å². The molecule has 0 saturated carbocycles. The zero-order valence-corrected chi connectivity index (χ0v) is 12.6. The molecule has 0 aromatic heterocycles. The van der Waals surface area contributed by atoms with Crippen LogP contribution in [0.25, 0.3) is 0 Å². The van der Waals surface area contributed by atoms with Crippen molar-refractivity contribution in [3.05, 3.63) is 38.9 Å². The fourth-order valence-corrected chi connectivity index (χ4v) is 2.44. The van der Waals surface area contributed by atoms with E-state index < -0.39 is 10.9 Å². The number of hydrogen-bond acceptors (Lipinski definition) is 5. The highest BCUT2D eigenvalue weighted by Crippen LogP contribution is 2.30. The molecule has 6 nitrogen and oxygen atoms in total. The van der Waals surface area contributed by atoms with Gasteiger partial charge < -0.3 is 9.47 Å². The van der Waals surface area contributed by atoms with Gasteiger partial charge in [-0.05, 0) is 38.8 Å². The minimum absolute atomic E-state index is 0.0854. The number of benzene rings is 1. The molecule has 2 rings (SSSR count). The van der Waals surface area contributed by atoms with Gasteiger partial charge >= 0.3 is 5.97 Å². The summed E-state index contributed by atoms with van der Waals surface area (Å²) in [5.74, 6) is -0.744. The maximum Gasteiger partial charge on any atom is 0.345 e. The molecule has 0 aliphatic carbocycles. The maximum atomic E-state index is 12.0.